The molecule has 0 aliphatic heterocycles. The van der Waals surface area contributed by atoms with Crippen LogP contribution in [-0.2, 0) is 6.54 Å². The van der Waals surface area contributed by atoms with Gasteiger partial charge >= 0.3 is 5.97 Å². The summed E-state index contributed by atoms with van der Waals surface area (Å²) in [4.78, 5) is 27.3. The quantitative estimate of drug-likeness (QED) is 0.893. The summed E-state index contributed by atoms with van der Waals surface area (Å²) in [6, 6.07) is 2.88. The summed E-state index contributed by atoms with van der Waals surface area (Å²) in [5.74, 6) is -1.12. The topological polar surface area (TPSA) is 92.4 Å². The van der Waals surface area contributed by atoms with Crippen molar-refractivity contribution in [1.29, 1.82) is 0 Å². The molecule has 2 rings (SSSR count). The third-order valence-electron chi connectivity index (χ3n) is 2.41. The number of thiazole rings is 1. The molecule has 0 bridgehead atoms. The Hall–Kier alpha value is -2.15. The molecule has 0 aliphatic carbocycles. The lowest BCUT2D eigenvalue weighted by molar-refractivity contribution is 0.0660. The largest absolute Gasteiger partial charge is 0.475 e. The number of carbonyl (C=O) groups excluding carboxylic acids is 1. The molecule has 0 aliphatic rings. The highest BCUT2D eigenvalue weighted by atomic mass is 32.1. The van der Waals surface area contributed by atoms with Crippen LogP contribution in [0.4, 0.5) is 0 Å². The molecule has 2 heterocycles. The molecule has 0 radical (unpaired) electrons. The van der Waals surface area contributed by atoms with Gasteiger partial charge in [-0.05, 0) is 26.0 Å². The first-order valence-electron chi connectivity index (χ1n) is 5.51. The lowest BCUT2D eigenvalue weighted by Gasteiger charge is -2.01. The Kier molecular flexibility index (Phi) is 3.66. The van der Waals surface area contributed by atoms with E-state index >= 15 is 0 Å². The van der Waals surface area contributed by atoms with Gasteiger partial charge in [0.05, 0.1) is 17.2 Å². The van der Waals surface area contributed by atoms with Gasteiger partial charge in [-0.15, -0.1) is 11.3 Å². The van der Waals surface area contributed by atoms with Crippen LogP contribution in [0.15, 0.2) is 16.5 Å². The van der Waals surface area contributed by atoms with Crippen LogP contribution in [0, 0.1) is 13.8 Å². The summed E-state index contributed by atoms with van der Waals surface area (Å²) in [6.07, 6.45) is 0. The molecule has 100 valence electrons. The second-order valence-electron chi connectivity index (χ2n) is 3.90. The fourth-order valence-electron chi connectivity index (χ4n) is 1.58. The van der Waals surface area contributed by atoms with Gasteiger partial charge in [-0.25, -0.2) is 9.78 Å². The first kappa shape index (κ1) is 13.3. The summed E-state index contributed by atoms with van der Waals surface area (Å²) < 4.78 is 5.04. The molecule has 0 spiro atoms. The number of nitrogens with zero attached hydrogens (tertiary/aromatic N) is 1. The zero-order valence-corrected chi connectivity index (χ0v) is 11.2. The minimum Gasteiger partial charge on any atom is -0.475 e. The van der Waals surface area contributed by atoms with E-state index in [4.69, 9.17) is 9.52 Å². The molecule has 2 aromatic heterocycles. The molecule has 0 atom stereocenters. The van der Waals surface area contributed by atoms with Crippen LogP contribution in [0.3, 0.4) is 0 Å². The summed E-state index contributed by atoms with van der Waals surface area (Å²) in [5.41, 5.74) is 0.686. The summed E-state index contributed by atoms with van der Waals surface area (Å²) in [5, 5.41) is 12.2. The number of amides is 1. The fraction of sp³-hybridized carbons (Fsp3) is 0.250. The molecular formula is C12H12N2O4S. The van der Waals surface area contributed by atoms with Crippen LogP contribution >= 0.6 is 11.3 Å². The normalized spacial score (nSPS) is 10.4. The van der Waals surface area contributed by atoms with Crippen molar-refractivity contribution in [2.75, 3.05) is 0 Å². The first-order valence-corrected chi connectivity index (χ1v) is 6.33. The summed E-state index contributed by atoms with van der Waals surface area (Å²) in [6.45, 7) is 3.75. The lowest BCUT2D eigenvalue weighted by Crippen LogP contribution is -2.22. The highest BCUT2D eigenvalue weighted by Gasteiger charge is 2.14. The SMILES string of the molecule is Cc1nc(C)c(C(=O)NCc2ccc(C(=O)O)o2)s1. The van der Waals surface area contributed by atoms with Crippen LogP contribution < -0.4 is 5.32 Å². The molecule has 6 nitrogen and oxygen atoms in total. The van der Waals surface area contributed by atoms with Crippen molar-refractivity contribution in [2.24, 2.45) is 0 Å². The van der Waals surface area contributed by atoms with Crippen molar-refractivity contribution < 1.29 is 19.1 Å². The van der Waals surface area contributed by atoms with Crippen LogP contribution in [0.5, 0.6) is 0 Å². The molecule has 0 saturated carbocycles. The van der Waals surface area contributed by atoms with E-state index in [9.17, 15) is 9.59 Å². The smallest absolute Gasteiger partial charge is 0.371 e. The Balaban J connectivity index is 2.00. The number of hydrogen-bond acceptors (Lipinski definition) is 5. The Bertz CT molecular complexity index is 629. The lowest BCUT2D eigenvalue weighted by atomic mass is 10.3. The van der Waals surface area contributed by atoms with Gasteiger partial charge in [0.1, 0.15) is 10.6 Å². The maximum atomic E-state index is 11.9. The number of nitrogens with one attached hydrogen (secondary N) is 1. The third-order valence-corrected chi connectivity index (χ3v) is 3.48. The van der Waals surface area contributed by atoms with Gasteiger partial charge in [0.2, 0.25) is 5.76 Å². The van der Waals surface area contributed by atoms with Crippen LogP contribution in [0.1, 0.15) is 36.7 Å². The summed E-state index contributed by atoms with van der Waals surface area (Å²) >= 11 is 1.32. The molecule has 19 heavy (non-hydrogen) atoms. The van der Waals surface area contributed by atoms with E-state index in [2.05, 4.69) is 10.3 Å². The molecule has 0 fully saturated rings. The molecule has 2 aromatic rings. The number of carboxylic acid groups (broad SMARTS) is 1. The van der Waals surface area contributed by atoms with Crippen molar-refractivity contribution in [3.63, 3.8) is 0 Å². The maximum Gasteiger partial charge on any atom is 0.371 e. The Morgan fingerprint density at radius 1 is 1.42 bits per heavy atom. The Morgan fingerprint density at radius 3 is 2.68 bits per heavy atom. The van der Waals surface area contributed by atoms with E-state index in [1.54, 1.807) is 6.92 Å². The fourth-order valence-corrected chi connectivity index (χ4v) is 2.41. The van der Waals surface area contributed by atoms with E-state index in [0.29, 0.717) is 16.3 Å². The molecule has 7 heteroatoms. The predicted octanol–water partition coefficient (Wildman–Crippen LogP) is 1.98. The van der Waals surface area contributed by atoms with Crippen LogP contribution in [0.2, 0.25) is 0 Å². The number of aromatic nitrogens is 1. The number of rotatable bonds is 4. The predicted molar refractivity (Wildman–Crippen MR) is 68.4 cm³/mol. The zero-order valence-electron chi connectivity index (χ0n) is 10.4. The van der Waals surface area contributed by atoms with E-state index in [0.717, 1.165) is 5.01 Å². The van der Waals surface area contributed by atoms with E-state index in [-0.39, 0.29) is 18.2 Å². The van der Waals surface area contributed by atoms with Crippen molar-refractivity contribution in [3.05, 3.63) is 39.2 Å². The van der Waals surface area contributed by atoms with Crippen molar-refractivity contribution in [3.8, 4) is 0 Å². The standard InChI is InChI=1S/C12H12N2O4S/c1-6-10(19-7(2)14-6)11(15)13-5-8-3-4-9(18-8)12(16)17/h3-4H,5H2,1-2H3,(H,13,15)(H,16,17). The molecule has 0 unspecified atom stereocenters. The van der Waals surface area contributed by atoms with Crippen molar-refractivity contribution >= 4 is 23.2 Å². The number of carbonyl (C=O) groups is 2. The van der Waals surface area contributed by atoms with Gasteiger partial charge in [0.25, 0.3) is 5.91 Å². The number of aromatic carboxylic acids is 1. The maximum absolute atomic E-state index is 11.9. The Morgan fingerprint density at radius 2 is 2.16 bits per heavy atom. The minimum atomic E-state index is -1.13. The van der Waals surface area contributed by atoms with E-state index < -0.39 is 5.97 Å². The van der Waals surface area contributed by atoms with E-state index in [1.165, 1.54) is 23.5 Å². The second kappa shape index (κ2) is 5.23. The molecule has 0 aromatic carbocycles. The van der Waals surface area contributed by atoms with Crippen LogP contribution in [0.25, 0.3) is 0 Å². The van der Waals surface area contributed by atoms with Gasteiger partial charge in [0.15, 0.2) is 0 Å². The summed E-state index contributed by atoms with van der Waals surface area (Å²) in [7, 11) is 0. The monoisotopic (exact) mass is 280 g/mol. The number of carboxylic acids is 1. The molecule has 1 amide bonds. The van der Waals surface area contributed by atoms with Gasteiger partial charge in [-0.2, -0.15) is 0 Å². The van der Waals surface area contributed by atoms with Gasteiger partial charge < -0.3 is 14.8 Å². The number of hydrogen-bond donors (Lipinski definition) is 2. The third kappa shape index (κ3) is 3.00. The zero-order chi connectivity index (χ0) is 14.0. The van der Waals surface area contributed by atoms with Gasteiger partial charge in [-0.3, -0.25) is 4.79 Å². The molecular weight excluding hydrogens is 268 g/mol. The average molecular weight is 280 g/mol. The first-order chi connectivity index (χ1) is 8.97. The van der Waals surface area contributed by atoms with Gasteiger partial charge in [-0.1, -0.05) is 0 Å². The number of furan rings is 1. The van der Waals surface area contributed by atoms with Crippen molar-refractivity contribution in [1.82, 2.24) is 10.3 Å². The Labute approximate surface area is 113 Å². The minimum absolute atomic E-state index is 0.141. The highest BCUT2D eigenvalue weighted by Crippen LogP contribution is 2.17. The van der Waals surface area contributed by atoms with Gasteiger partial charge in [0, 0.05) is 0 Å². The van der Waals surface area contributed by atoms with Crippen molar-refractivity contribution in [2.45, 2.75) is 20.4 Å². The average Bonchev–Trinajstić information content (AvgIpc) is 2.93. The molecule has 0 saturated heterocycles. The highest BCUT2D eigenvalue weighted by molar-refractivity contribution is 7.13. The van der Waals surface area contributed by atoms with E-state index in [1.807, 2.05) is 6.92 Å². The van der Waals surface area contributed by atoms with Crippen LogP contribution in [-0.4, -0.2) is 22.0 Å². The number of aryl methyl sites for hydroxylation is 2. The molecule has 2 N–H and O–H groups in total. The second-order valence-corrected chi connectivity index (χ2v) is 5.10.